The number of carbonyl (C=O) groups excluding carboxylic acids is 1. The number of nitrogens with zero attached hydrogens (tertiary/aromatic N) is 5. The van der Waals surface area contributed by atoms with Gasteiger partial charge in [0.15, 0.2) is 0 Å². The molecule has 1 atom stereocenters. The van der Waals surface area contributed by atoms with E-state index in [9.17, 15) is 14.4 Å². The highest BCUT2D eigenvalue weighted by Gasteiger charge is 2.36. The number of amides is 1. The summed E-state index contributed by atoms with van der Waals surface area (Å²) in [6.07, 6.45) is 0. The summed E-state index contributed by atoms with van der Waals surface area (Å²) >= 11 is 6.48. The third-order valence-electron chi connectivity index (χ3n) is 7.22. The Morgan fingerprint density at radius 1 is 1.05 bits per heavy atom. The molecule has 3 N–H and O–H groups in total. The maximum atomic E-state index is 13.5. The van der Waals surface area contributed by atoms with Gasteiger partial charge in [0.1, 0.15) is 28.7 Å². The van der Waals surface area contributed by atoms with E-state index in [1.54, 1.807) is 22.0 Å². The molecular weight excluding hydrogens is 550 g/mol. The molecule has 41 heavy (non-hydrogen) atoms. The molecule has 0 radical (unpaired) electrons. The summed E-state index contributed by atoms with van der Waals surface area (Å²) in [5, 5.41) is 26.9. The summed E-state index contributed by atoms with van der Waals surface area (Å²) in [5.74, 6) is 1.61. The zero-order chi connectivity index (χ0) is 29.6. The number of β-amino-alcohol motifs (C(OH)–C–C–N with tert-alkyl or cyclic N) is 1. The number of fused-ring (bicyclic) bond motifs is 1. The number of aryl methyl sites for hydroxylation is 1. The molecule has 0 saturated carbocycles. The second kappa shape index (κ2) is 10.7. The molecule has 1 amide bonds. The Labute approximate surface area is 241 Å². The van der Waals surface area contributed by atoms with Crippen molar-refractivity contribution in [2.24, 2.45) is 15.9 Å². The van der Waals surface area contributed by atoms with Crippen LogP contribution >= 0.6 is 11.6 Å². The van der Waals surface area contributed by atoms with Gasteiger partial charge in [-0.25, -0.2) is 10.0 Å². The Bertz CT molecular complexity index is 1610. The Kier molecular flexibility index (Phi) is 7.39. The van der Waals surface area contributed by atoms with Crippen LogP contribution in [-0.2, 0) is 6.54 Å². The summed E-state index contributed by atoms with van der Waals surface area (Å²) in [6.45, 7) is 12.9. The normalized spacial score (nSPS) is 15.8. The monoisotopic (exact) mass is 581 g/mol. The first-order chi connectivity index (χ1) is 19.4. The van der Waals surface area contributed by atoms with Crippen LogP contribution in [0.2, 0.25) is 5.02 Å². The molecule has 0 fully saturated rings. The number of rotatable bonds is 10. The largest absolute Gasteiger partial charge is 0.464 e. The number of nitrogens with one attached hydrogen (secondary N) is 2. The summed E-state index contributed by atoms with van der Waals surface area (Å²) < 4.78 is 5.84. The third-order valence-corrected chi connectivity index (χ3v) is 7.58. The highest BCUT2D eigenvalue weighted by molar-refractivity contribution is 6.32. The van der Waals surface area contributed by atoms with E-state index in [4.69, 9.17) is 21.1 Å². The number of aliphatic hydroxyl groups is 1. The van der Waals surface area contributed by atoms with Gasteiger partial charge in [-0.05, 0) is 47.1 Å². The number of benzene rings is 1. The van der Waals surface area contributed by atoms with Gasteiger partial charge in [0, 0.05) is 23.7 Å². The third kappa shape index (κ3) is 5.20. The van der Waals surface area contributed by atoms with Crippen LogP contribution in [0.15, 0.2) is 61.1 Å². The highest BCUT2D eigenvalue weighted by Crippen LogP contribution is 2.40. The molecule has 1 aromatic heterocycles. The van der Waals surface area contributed by atoms with Gasteiger partial charge < -0.3 is 25.1 Å². The zero-order valence-electron chi connectivity index (χ0n) is 23.3. The molecule has 0 bridgehead atoms. The topological polar surface area (TPSA) is 143 Å². The van der Waals surface area contributed by atoms with Gasteiger partial charge in [-0.1, -0.05) is 39.0 Å². The van der Waals surface area contributed by atoms with E-state index in [2.05, 4.69) is 27.7 Å². The van der Waals surface area contributed by atoms with Crippen LogP contribution in [0.25, 0.3) is 0 Å². The maximum absolute atomic E-state index is 13.5. The van der Waals surface area contributed by atoms with Gasteiger partial charge in [0.25, 0.3) is 16.8 Å². The number of hydrogen-bond donors (Lipinski definition) is 3. The van der Waals surface area contributed by atoms with E-state index in [0.29, 0.717) is 46.5 Å². The molecule has 3 heterocycles. The van der Waals surface area contributed by atoms with Gasteiger partial charge in [0.05, 0.1) is 37.0 Å². The van der Waals surface area contributed by atoms with Crippen molar-refractivity contribution < 1.29 is 14.3 Å². The number of halogens is 1. The Morgan fingerprint density at radius 3 is 2.37 bits per heavy atom. The molecule has 5 rings (SSSR count). The first-order valence-electron chi connectivity index (χ1n) is 13.2. The molecule has 13 heteroatoms. The van der Waals surface area contributed by atoms with Crippen molar-refractivity contribution in [2.45, 2.75) is 40.3 Å². The summed E-state index contributed by atoms with van der Waals surface area (Å²) in [5.41, 5.74) is -0.0965. The second-order valence-electron chi connectivity index (χ2n) is 11.2. The fraction of sp³-hybridized carbons (Fsp3) is 0.393. The Balaban J connectivity index is 1.36. The van der Waals surface area contributed by atoms with Crippen molar-refractivity contribution in [1.82, 2.24) is 14.9 Å². The van der Waals surface area contributed by atoms with Crippen LogP contribution in [-0.4, -0.2) is 52.2 Å². The van der Waals surface area contributed by atoms with Crippen LogP contribution in [0.3, 0.4) is 0 Å². The van der Waals surface area contributed by atoms with Crippen molar-refractivity contribution in [1.29, 1.82) is 0 Å². The lowest BCUT2D eigenvalue weighted by Crippen LogP contribution is -2.39. The summed E-state index contributed by atoms with van der Waals surface area (Å²) in [7, 11) is 0. The van der Waals surface area contributed by atoms with Crippen molar-refractivity contribution in [2.75, 3.05) is 36.9 Å². The van der Waals surface area contributed by atoms with E-state index >= 15 is 0 Å². The minimum atomic E-state index is -0.674. The van der Waals surface area contributed by atoms with Gasteiger partial charge in [-0.2, -0.15) is 0 Å². The molecular formula is C28H32ClN7O5. The summed E-state index contributed by atoms with van der Waals surface area (Å²) in [6, 6.07) is 6.59. The number of hydrogen-bond acceptors (Lipinski definition) is 11. The second-order valence-corrected chi connectivity index (χ2v) is 11.6. The van der Waals surface area contributed by atoms with Gasteiger partial charge in [-0.15, -0.1) is 0 Å². The molecule has 2 aliphatic heterocycles. The quantitative estimate of drug-likeness (QED) is 0.301. The van der Waals surface area contributed by atoms with Gasteiger partial charge in [-0.3, -0.25) is 14.4 Å². The van der Waals surface area contributed by atoms with Crippen molar-refractivity contribution in [3.63, 3.8) is 0 Å². The molecule has 0 aliphatic carbocycles. The van der Waals surface area contributed by atoms with Crippen molar-refractivity contribution in [3.8, 4) is 0 Å². The predicted molar refractivity (Wildman–Crippen MR) is 155 cm³/mol. The van der Waals surface area contributed by atoms with Crippen molar-refractivity contribution >= 4 is 34.6 Å². The van der Waals surface area contributed by atoms with Crippen LogP contribution in [0.1, 0.15) is 54.3 Å². The highest BCUT2D eigenvalue weighted by atomic mass is 35.5. The molecule has 0 unspecified atom stereocenters. The first-order valence-corrected chi connectivity index (χ1v) is 13.6. The average molecular weight is 582 g/mol. The van der Waals surface area contributed by atoms with E-state index in [1.807, 2.05) is 39.8 Å². The lowest BCUT2D eigenvalue weighted by atomic mass is 9.85. The van der Waals surface area contributed by atoms with Gasteiger partial charge >= 0.3 is 0 Å². The molecule has 2 aromatic carbocycles. The smallest absolute Gasteiger partial charge is 0.256 e. The first kappa shape index (κ1) is 28.4. The van der Waals surface area contributed by atoms with Crippen LogP contribution in [0.5, 0.6) is 0 Å². The van der Waals surface area contributed by atoms with E-state index < -0.39 is 10.9 Å². The number of furan rings is 1. The molecule has 0 spiro atoms. The van der Waals surface area contributed by atoms with Crippen LogP contribution < -0.4 is 21.5 Å². The lowest BCUT2D eigenvalue weighted by molar-refractivity contribution is 0.0765. The van der Waals surface area contributed by atoms with Crippen LogP contribution in [0.4, 0.5) is 17.1 Å². The fourth-order valence-corrected chi connectivity index (χ4v) is 5.19. The van der Waals surface area contributed by atoms with Crippen molar-refractivity contribution in [3.05, 3.63) is 84.8 Å². The minimum Gasteiger partial charge on any atom is -0.464 e. The van der Waals surface area contributed by atoms with Crippen LogP contribution in [0, 0.1) is 12.3 Å². The summed E-state index contributed by atoms with van der Waals surface area (Å²) in [4.78, 5) is 40.5. The molecule has 216 valence electrons. The maximum Gasteiger partial charge on any atom is 0.256 e. The molecule has 0 saturated heterocycles. The Morgan fingerprint density at radius 2 is 1.73 bits per heavy atom. The number of carbonyl (C=O) groups is 1. The predicted octanol–water partition coefficient (Wildman–Crippen LogP) is 4.10. The van der Waals surface area contributed by atoms with Gasteiger partial charge in [0.2, 0.25) is 0 Å². The Hall–Kier alpha value is -4.16. The minimum absolute atomic E-state index is 0.0843. The van der Waals surface area contributed by atoms with E-state index in [-0.39, 0.29) is 48.4 Å². The SMILES string of the molecule is C=C1N(CCO)N=NN1CCN1Cc2c(Cl)ccc(Nc3c(N[C@@H](c4ccc(C)o4)C(C)(C)C)c(=O)c3=O)c2C1=O. The van der Waals surface area contributed by atoms with E-state index in [1.165, 1.54) is 5.01 Å². The lowest BCUT2D eigenvalue weighted by Gasteiger charge is -2.31. The molecule has 2 aliphatic rings. The molecule has 3 aromatic rings. The average Bonchev–Trinajstić information content (AvgIpc) is 3.60. The fourth-order valence-electron chi connectivity index (χ4n) is 4.97. The van der Waals surface area contributed by atoms with E-state index in [0.717, 1.165) is 5.76 Å². The number of aliphatic hydroxyl groups excluding tert-OH is 1. The zero-order valence-corrected chi connectivity index (χ0v) is 24.1. The standard InChI is InChI=1S/C28H32ClN7O5/c1-15-6-9-20(41-15)26(28(3,4)5)31-23-22(24(38)25(23)39)30-19-8-7-18(29)17-14-34(27(40)21(17)19)10-11-35-16(2)36(12-13-37)33-32-35/h6-9,26,30-31,37H,2,10-14H2,1,3-5H3/t26-/m0/s1. The number of anilines is 3. The molecule has 12 nitrogen and oxygen atoms in total.